The molecule has 0 amide bonds. The van der Waals surface area contributed by atoms with Crippen molar-refractivity contribution in [3.05, 3.63) is 0 Å². The summed E-state index contributed by atoms with van der Waals surface area (Å²) in [7, 11) is 0. The molecule has 0 saturated carbocycles. The van der Waals surface area contributed by atoms with Crippen LogP contribution in [-0.2, 0) is 0 Å². The number of rotatable bonds is 6. The van der Waals surface area contributed by atoms with Gasteiger partial charge in [-0.1, -0.05) is 13.8 Å². The van der Waals surface area contributed by atoms with Crippen molar-refractivity contribution in [1.82, 2.24) is 5.32 Å². The van der Waals surface area contributed by atoms with Crippen molar-refractivity contribution >= 4 is 11.6 Å². The lowest BCUT2D eigenvalue weighted by Crippen LogP contribution is -2.40. The first-order chi connectivity index (χ1) is 5.48. The first-order valence-corrected chi connectivity index (χ1v) is 5.32. The van der Waals surface area contributed by atoms with Gasteiger partial charge >= 0.3 is 0 Å². The Kier molecular flexibility index (Phi) is 5.94. The van der Waals surface area contributed by atoms with Crippen LogP contribution in [0.1, 0.15) is 40.5 Å². The zero-order valence-electron chi connectivity index (χ0n) is 8.78. The maximum atomic E-state index is 5.69. The van der Waals surface area contributed by atoms with E-state index in [2.05, 4.69) is 33.0 Å². The molecule has 0 unspecified atom stereocenters. The van der Waals surface area contributed by atoms with Gasteiger partial charge in [-0.15, -0.1) is 11.6 Å². The molecular formula is C10H22ClN. The van der Waals surface area contributed by atoms with E-state index in [0.717, 1.165) is 24.8 Å². The predicted octanol–water partition coefficient (Wildman–Crippen LogP) is 3.03. The molecule has 0 fully saturated rings. The van der Waals surface area contributed by atoms with Gasteiger partial charge in [-0.05, 0) is 39.2 Å². The zero-order chi connectivity index (χ0) is 9.61. The summed E-state index contributed by atoms with van der Waals surface area (Å²) in [5.74, 6) is 1.52. The topological polar surface area (TPSA) is 12.0 Å². The SMILES string of the molecule is CC(C)CCNC(C)(C)CCCl. The molecule has 0 aromatic heterocycles. The summed E-state index contributed by atoms with van der Waals surface area (Å²) in [5.41, 5.74) is 0.205. The van der Waals surface area contributed by atoms with Crippen LogP contribution >= 0.6 is 11.6 Å². The molecule has 0 saturated heterocycles. The highest BCUT2D eigenvalue weighted by atomic mass is 35.5. The Labute approximate surface area is 81.9 Å². The highest BCUT2D eigenvalue weighted by Gasteiger charge is 2.14. The lowest BCUT2D eigenvalue weighted by molar-refractivity contribution is 0.363. The fourth-order valence-electron chi connectivity index (χ4n) is 1.02. The van der Waals surface area contributed by atoms with Gasteiger partial charge in [0, 0.05) is 11.4 Å². The molecule has 0 radical (unpaired) electrons. The summed E-state index contributed by atoms with van der Waals surface area (Å²) >= 11 is 5.69. The largest absolute Gasteiger partial charge is 0.312 e. The van der Waals surface area contributed by atoms with E-state index in [9.17, 15) is 0 Å². The Balaban J connectivity index is 3.46. The normalized spacial score (nSPS) is 12.5. The van der Waals surface area contributed by atoms with E-state index in [1.807, 2.05) is 0 Å². The van der Waals surface area contributed by atoms with Crippen molar-refractivity contribution in [3.63, 3.8) is 0 Å². The molecule has 0 bridgehead atoms. The van der Waals surface area contributed by atoms with E-state index < -0.39 is 0 Å². The quantitative estimate of drug-likeness (QED) is 0.637. The average Bonchev–Trinajstić information content (AvgIpc) is 1.85. The molecule has 0 aliphatic heterocycles. The molecule has 0 aliphatic carbocycles. The average molecular weight is 192 g/mol. The van der Waals surface area contributed by atoms with Crippen LogP contribution in [0.2, 0.25) is 0 Å². The van der Waals surface area contributed by atoms with Gasteiger partial charge in [-0.25, -0.2) is 0 Å². The van der Waals surface area contributed by atoms with Crippen LogP contribution in [0.25, 0.3) is 0 Å². The molecular weight excluding hydrogens is 170 g/mol. The first-order valence-electron chi connectivity index (χ1n) is 4.79. The monoisotopic (exact) mass is 191 g/mol. The van der Waals surface area contributed by atoms with Crippen molar-refractivity contribution in [2.24, 2.45) is 5.92 Å². The van der Waals surface area contributed by atoms with Crippen LogP contribution in [0.4, 0.5) is 0 Å². The molecule has 2 heteroatoms. The molecule has 0 spiro atoms. The molecule has 0 heterocycles. The van der Waals surface area contributed by atoms with Crippen molar-refractivity contribution < 1.29 is 0 Å². The summed E-state index contributed by atoms with van der Waals surface area (Å²) in [4.78, 5) is 0. The molecule has 0 aromatic carbocycles. The van der Waals surface area contributed by atoms with Gasteiger partial charge in [-0.2, -0.15) is 0 Å². The van der Waals surface area contributed by atoms with Gasteiger partial charge in [-0.3, -0.25) is 0 Å². The second-order valence-corrected chi connectivity index (χ2v) is 4.81. The molecule has 74 valence electrons. The van der Waals surface area contributed by atoms with Crippen LogP contribution < -0.4 is 5.32 Å². The Morgan fingerprint density at radius 1 is 1.33 bits per heavy atom. The number of nitrogens with one attached hydrogen (secondary N) is 1. The van der Waals surface area contributed by atoms with Gasteiger partial charge in [0.2, 0.25) is 0 Å². The number of hydrogen-bond acceptors (Lipinski definition) is 1. The minimum Gasteiger partial charge on any atom is -0.312 e. The van der Waals surface area contributed by atoms with Crippen LogP contribution in [-0.4, -0.2) is 18.0 Å². The van der Waals surface area contributed by atoms with Gasteiger partial charge in [0.05, 0.1) is 0 Å². The van der Waals surface area contributed by atoms with Crippen LogP contribution in [0.15, 0.2) is 0 Å². The third-order valence-corrected chi connectivity index (χ3v) is 2.23. The summed E-state index contributed by atoms with van der Waals surface area (Å²) in [6.45, 7) is 10.00. The number of halogens is 1. The minimum atomic E-state index is 0.205. The van der Waals surface area contributed by atoms with E-state index in [-0.39, 0.29) is 5.54 Å². The maximum absolute atomic E-state index is 5.69. The Hall–Kier alpha value is 0.250. The lowest BCUT2D eigenvalue weighted by atomic mass is 10.0. The molecule has 1 N–H and O–H groups in total. The number of hydrogen-bond donors (Lipinski definition) is 1. The maximum Gasteiger partial charge on any atom is 0.0240 e. The molecule has 12 heavy (non-hydrogen) atoms. The van der Waals surface area contributed by atoms with Gasteiger partial charge < -0.3 is 5.32 Å². The smallest absolute Gasteiger partial charge is 0.0240 e. The van der Waals surface area contributed by atoms with Crippen molar-refractivity contribution in [1.29, 1.82) is 0 Å². The van der Waals surface area contributed by atoms with E-state index in [1.165, 1.54) is 6.42 Å². The minimum absolute atomic E-state index is 0.205. The fraction of sp³-hybridized carbons (Fsp3) is 1.00. The molecule has 0 aromatic rings. The lowest BCUT2D eigenvalue weighted by Gasteiger charge is -2.25. The van der Waals surface area contributed by atoms with Crippen molar-refractivity contribution in [2.45, 2.75) is 46.1 Å². The third kappa shape index (κ3) is 6.93. The summed E-state index contributed by atoms with van der Waals surface area (Å²) < 4.78 is 0. The highest BCUT2D eigenvalue weighted by molar-refractivity contribution is 6.17. The van der Waals surface area contributed by atoms with Crippen molar-refractivity contribution in [3.8, 4) is 0 Å². The molecule has 0 atom stereocenters. The molecule has 0 aliphatic rings. The van der Waals surface area contributed by atoms with E-state index in [1.54, 1.807) is 0 Å². The Bertz CT molecular complexity index is 110. The van der Waals surface area contributed by atoms with Crippen LogP contribution in [0, 0.1) is 5.92 Å². The van der Waals surface area contributed by atoms with E-state index >= 15 is 0 Å². The Morgan fingerprint density at radius 3 is 2.33 bits per heavy atom. The standard InChI is InChI=1S/C10H22ClN/c1-9(2)5-8-12-10(3,4)6-7-11/h9,12H,5-8H2,1-4H3. The highest BCUT2D eigenvalue weighted by Crippen LogP contribution is 2.09. The predicted molar refractivity (Wildman–Crippen MR) is 56.9 cm³/mol. The second-order valence-electron chi connectivity index (χ2n) is 4.43. The third-order valence-electron chi connectivity index (χ3n) is 2.04. The van der Waals surface area contributed by atoms with E-state index in [4.69, 9.17) is 11.6 Å². The zero-order valence-corrected chi connectivity index (χ0v) is 9.54. The summed E-state index contributed by atoms with van der Waals surface area (Å²) in [5, 5.41) is 3.51. The first kappa shape index (κ1) is 12.2. The van der Waals surface area contributed by atoms with Crippen molar-refractivity contribution in [2.75, 3.05) is 12.4 Å². The van der Waals surface area contributed by atoms with Gasteiger partial charge in [0.25, 0.3) is 0 Å². The fourth-order valence-corrected chi connectivity index (χ4v) is 1.50. The van der Waals surface area contributed by atoms with Gasteiger partial charge in [0.1, 0.15) is 0 Å². The summed E-state index contributed by atoms with van der Waals surface area (Å²) in [6.07, 6.45) is 2.28. The van der Waals surface area contributed by atoms with Crippen LogP contribution in [0.5, 0.6) is 0 Å². The Morgan fingerprint density at radius 2 is 1.92 bits per heavy atom. The summed E-state index contributed by atoms with van der Waals surface area (Å²) in [6, 6.07) is 0. The van der Waals surface area contributed by atoms with Crippen LogP contribution in [0.3, 0.4) is 0 Å². The second kappa shape index (κ2) is 5.82. The number of alkyl halides is 1. The molecule has 1 nitrogen and oxygen atoms in total. The molecule has 0 rings (SSSR count). The van der Waals surface area contributed by atoms with E-state index in [0.29, 0.717) is 0 Å². The van der Waals surface area contributed by atoms with Gasteiger partial charge in [0.15, 0.2) is 0 Å².